The van der Waals surface area contributed by atoms with Gasteiger partial charge in [-0.3, -0.25) is 0 Å². The molecule has 1 rings (SSSR count). The molecule has 1 aromatic carbocycles. The third kappa shape index (κ3) is 6.50. The summed E-state index contributed by atoms with van der Waals surface area (Å²) in [6.07, 6.45) is -4.15. The number of hydrogen-bond acceptors (Lipinski definition) is 2. The van der Waals surface area contributed by atoms with Gasteiger partial charge < -0.3 is 10.1 Å². The minimum atomic E-state index is -4.36. The third-order valence-electron chi connectivity index (χ3n) is 2.68. The Morgan fingerprint density at radius 3 is 2.62 bits per heavy atom. The highest BCUT2D eigenvalue weighted by molar-refractivity contribution is 9.10. The summed E-state index contributed by atoms with van der Waals surface area (Å²) in [7, 11) is 0. The maximum absolute atomic E-state index is 14.0. The van der Waals surface area contributed by atoms with E-state index in [1.807, 2.05) is 6.92 Å². The van der Waals surface area contributed by atoms with E-state index in [9.17, 15) is 17.6 Å². The average molecular weight is 393 g/mol. The van der Waals surface area contributed by atoms with E-state index in [2.05, 4.69) is 26.0 Å². The monoisotopic (exact) mass is 391 g/mol. The molecule has 0 radical (unpaired) electrons. The third-order valence-corrected chi connectivity index (χ3v) is 3.88. The van der Waals surface area contributed by atoms with Crippen LogP contribution in [0.5, 0.6) is 0 Å². The van der Waals surface area contributed by atoms with E-state index in [0.717, 1.165) is 0 Å². The fraction of sp³-hybridized carbons (Fsp3) is 0.538. The first-order valence-electron chi connectivity index (χ1n) is 6.27. The first-order valence-corrected chi connectivity index (χ1v) is 7.44. The predicted octanol–water partition coefficient (Wildman–Crippen LogP) is 4.86. The van der Waals surface area contributed by atoms with E-state index in [1.54, 1.807) is 0 Å². The van der Waals surface area contributed by atoms with Crippen LogP contribution in [0.2, 0.25) is 5.02 Å². The second-order valence-corrected chi connectivity index (χ2v) is 5.62. The van der Waals surface area contributed by atoms with Crippen molar-refractivity contribution in [3.05, 3.63) is 33.0 Å². The van der Waals surface area contributed by atoms with Gasteiger partial charge in [0, 0.05) is 22.7 Å². The SMILES string of the molecule is CCNC(CCOCC(F)(F)F)c1cc(Cl)c(Br)cc1F. The zero-order valence-electron chi connectivity index (χ0n) is 11.2. The van der Waals surface area contributed by atoms with E-state index in [0.29, 0.717) is 21.6 Å². The molecular weight excluding hydrogens is 377 g/mol. The van der Waals surface area contributed by atoms with Crippen LogP contribution in [0.4, 0.5) is 17.6 Å². The van der Waals surface area contributed by atoms with Crippen LogP contribution in [0.1, 0.15) is 24.9 Å². The van der Waals surface area contributed by atoms with Gasteiger partial charge in [-0.25, -0.2) is 4.39 Å². The van der Waals surface area contributed by atoms with Gasteiger partial charge in [0.2, 0.25) is 0 Å². The van der Waals surface area contributed by atoms with E-state index in [1.165, 1.54) is 12.1 Å². The summed E-state index contributed by atoms with van der Waals surface area (Å²) < 4.78 is 54.9. The van der Waals surface area contributed by atoms with E-state index < -0.39 is 24.6 Å². The van der Waals surface area contributed by atoms with Crippen molar-refractivity contribution >= 4 is 27.5 Å². The lowest BCUT2D eigenvalue weighted by Gasteiger charge is -2.20. The maximum atomic E-state index is 14.0. The van der Waals surface area contributed by atoms with Gasteiger partial charge in [-0.1, -0.05) is 18.5 Å². The molecule has 2 nitrogen and oxygen atoms in total. The van der Waals surface area contributed by atoms with Crippen molar-refractivity contribution in [1.29, 1.82) is 0 Å². The normalized spacial score (nSPS) is 13.5. The first kappa shape index (κ1) is 18.7. The quantitative estimate of drug-likeness (QED) is 0.406. The van der Waals surface area contributed by atoms with Gasteiger partial charge in [0.15, 0.2) is 0 Å². The lowest BCUT2D eigenvalue weighted by Crippen LogP contribution is -2.25. The Kier molecular flexibility index (Phi) is 7.39. The smallest absolute Gasteiger partial charge is 0.372 e. The van der Waals surface area contributed by atoms with E-state index in [4.69, 9.17) is 11.6 Å². The molecule has 0 saturated heterocycles. The second kappa shape index (κ2) is 8.31. The molecule has 1 unspecified atom stereocenters. The summed E-state index contributed by atoms with van der Waals surface area (Å²) in [6.45, 7) is 0.915. The fourth-order valence-electron chi connectivity index (χ4n) is 1.81. The molecule has 0 amide bonds. The zero-order valence-corrected chi connectivity index (χ0v) is 13.6. The van der Waals surface area contributed by atoms with Gasteiger partial charge in [-0.15, -0.1) is 0 Å². The van der Waals surface area contributed by atoms with Crippen molar-refractivity contribution in [3.8, 4) is 0 Å². The van der Waals surface area contributed by atoms with Gasteiger partial charge in [-0.2, -0.15) is 13.2 Å². The lowest BCUT2D eigenvalue weighted by molar-refractivity contribution is -0.174. The van der Waals surface area contributed by atoms with Crippen molar-refractivity contribution < 1.29 is 22.3 Å². The van der Waals surface area contributed by atoms with Crippen LogP contribution in [0.3, 0.4) is 0 Å². The van der Waals surface area contributed by atoms with Crippen molar-refractivity contribution in [3.63, 3.8) is 0 Å². The molecule has 0 heterocycles. The standard InChI is InChI=1S/C13H15BrClF4NO/c1-2-20-12(3-4-21-7-13(17,18)19)8-5-10(15)9(14)6-11(8)16/h5-6,12,20H,2-4,7H2,1H3. The fourth-order valence-corrected chi connectivity index (χ4v) is 2.30. The molecule has 0 aliphatic heterocycles. The Bertz CT molecular complexity index is 470. The van der Waals surface area contributed by atoms with Crippen LogP contribution in [0.15, 0.2) is 16.6 Å². The van der Waals surface area contributed by atoms with Crippen molar-refractivity contribution in [2.45, 2.75) is 25.6 Å². The number of benzene rings is 1. The van der Waals surface area contributed by atoms with Crippen molar-refractivity contribution in [2.24, 2.45) is 0 Å². The summed E-state index contributed by atoms with van der Waals surface area (Å²) in [6, 6.07) is 2.23. The second-order valence-electron chi connectivity index (χ2n) is 4.35. The summed E-state index contributed by atoms with van der Waals surface area (Å²) in [4.78, 5) is 0. The van der Waals surface area contributed by atoms with Crippen LogP contribution < -0.4 is 5.32 Å². The largest absolute Gasteiger partial charge is 0.411 e. The Labute approximate surface area is 133 Å². The molecule has 0 spiro atoms. The molecule has 1 N–H and O–H groups in total. The van der Waals surface area contributed by atoms with Gasteiger partial charge in [0.25, 0.3) is 0 Å². The number of rotatable bonds is 7. The molecule has 0 saturated carbocycles. The highest BCUT2D eigenvalue weighted by atomic mass is 79.9. The Morgan fingerprint density at radius 2 is 2.05 bits per heavy atom. The number of hydrogen-bond donors (Lipinski definition) is 1. The zero-order chi connectivity index (χ0) is 16.0. The number of halogens is 6. The summed E-state index contributed by atoms with van der Waals surface area (Å²) in [5, 5.41) is 3.35. The predicted molar refractivity (Wildman–Crippen MR) is 77.0 cm³/mol. The van der Waals surface area contributed by atoms with Crippen LogP contribution in [0.25, 0.3) is 0 Å². The lowest BCUT2D eigenvalue weighted by atomic mass is 10.0. The van der Waals surface area contributed by atoms with Gasteiger partial charge in [-0.05, 0) is 41.0 Å². The molecule has 0 aromatic heterocycles. The van der Waals surface area contributed by atoms with Crippen LogP contribution in [-0.4, -0.2) is 25.9 Å². The molecular formula is C13H15BrClF4NO. The topological polar surface area (TPSA) is 21.3 Å². The molecule has 0 aliphatic rings. The van der Waals surface area contributed by atoms with E-state index >= 15 is 0 Å². The highest BCUT2D eigenvalue weighted by Gasteiger charge is 2.27. The molecule has 1 atom stereocenters. The van der Waals surface area contributed by atoms with E-state index in [-0.39, 0.29) is 13.0 Å². The van der Waals surface area contributed by atoms with Crippen molar-refractivity contribution in [2.75, 3.05) is 19.8 Å². The number of alkyl halides is 3. The maximum Gasteiger partial charge on any atom is 0.411 e. The summed E-state index contributed by atoms with van der Waals surface area (Å²) >= 11 is 9.04. The molecule has 0 fully saturated rings. The summed E-state index contributed by atoms with van der Waals surface area (Å²) in [5.41, 5.74) is 0.306. The highest BCUT2D eigenvalue weighted by Crippen LogP contribution is 2.30. The van der Waals surface area contributed by atoms with Gasteiger partial charge in [0.05, 0.1) is 5.02 Å². The molecule has 1 aromatic rings. The molecule has 0 bridgehead atoms. The molecule has 8 heteroatoms. The van der Waals surface area contributed by atoms with Crippen LogP contribution in [-0.2, 0) is 4.74 Å². The van der Waals surface area contributed by atoms with Gasteiger partial charge >= 0.3 is 6.18 Å². The molecule has 21 heavy (non-hydrogen) atoms. The van der Waals surface area contributed by atoms with Crippen LogP contribution in [0, 0.1) is 5.82 Å². The van der Waals surface area contributed by atoms with Crippen LogP contribution >= 0.6 is 27.5 Å². The Balaban J connectivity index is 2.71. The first-order chi connectivity index (χ1) is 9.74. The van der Waals surface area contributed by atoms with Crippen molar-refractivity contribution in [1.82, 2.24) is 5.32 Å². The summed E-state index contributed by atoms with van der Waals surface area (Å²) in [5.74, 6) is -0.479. The molecule has 120 valence electrons. The Hall–Kier alpha value is -0.370. The Morgan fingerprint density at radius 1 is 1.38 bits per heavy atom. The number of ether oxygens (including phenoxy) is 1. The molecule has 0 aliphatic carbocycles. The van der Waals surface area contributed by atoms with Gasteiger partial charge in [0.1, 0.15) is 12.4 Å². The average Bonchev–Trinajstić information content (AvgIpc) is 2.36. The minimum absolute atomic E-state index is 0.135. The number of nitrogens with one attached hydrogen (secondary N) is 1. The minimum Gasteiger partial charge on any atom is -0.372 e.